The molecule has 104 valence electrons. The number of hydrogen-bond acceptors (Lipinski definition) is 3. The molecule has 0 atom stereocenters. The van der Waals surface area contributed by atoms with Gasteiger partial charge < -0.3 is 16.0 Å². The monoisotopic (exact) mass is 261 g/mol. The molecule has 1 aromatic carbocycles. The van der Waals surface area contributed by atoms with Gasteiger partial charge in [-0.05, 0) is 38.3 Å². The van der Waals surface area contributed by atoms with Crippen LogP contribution in [0.5, 0.6) is 0 Å². The van der Waals surface area contributed by atoms with Crippen LogP contribution in [-0.4, -0.2) is 25.0 Å². The number of nitrogens with two attached hydrogens (primary N) is 1. The highest BCUT2D eigenvalue weighted by Gasteiger charge is 2.21. The number of hydrogen-bond donors (Lipinski definition) is 2. The van der Waals surface area contributed by atoms with E-state index in [4.69, 9.17) is 5.73 Å². The molecule has 19 heavy (non-hydrogen) atoms. The predicted molar refractivity (Wildman–Crippen MR) is 78.1 cm³/mol. The summed E-state index contributed by atoms with van der Waals surface area (Å²) in [6, 6.07) is 7.04. The predicted octanol–water partition coefficient (Wildman–Crippen LogP) is 1.56. The van der Waals surface area contributed by atoms with Crippen molar-refractivity contribution in [1.82, 2.24) is 5.32 Å². The molecule has 4 heteroatoms. The molecule has 1 amide bonds. The number of primary amides is 1. The first-order valence-electron chi connectivity index (χ1n) is 6.96. The molecule has 4 nitrogen and oxygen atoms in total. The maximum absolute atomic E-state index is 11.2. The lowest BCUT2D eigenvalue weighted by molar-refractivity contribution is -0.116. The number of carbonyl (C=O) groups excluding carboxylic acids is 1. The van der Waals surface area contributed by atoms with Gasteiger partial charge in [0.25, 0.3) is 0 Å². The average Bonchev–Trinajstić information content (AvgIpc) is 3.18. The minimum atomic E-state index is -0.288. The van der Waals surface area contributed by atoms with Gasteiger partial charge in [-0.3, -0.25) is 4.79 Å². The number of nitrogens with zero attached hydrogens (tertiary/aromatic N) is 1. The molecule has 1 fully saturated rings. The third-order valence-corrected chi connectivity index (χ3v) is 3.46. The number of carbonyl (C=O) groups is 1. The van der Waals surface area contributed by atoms with Gasteiger partial charge in [0.05, 0.1) is 6.54 Å². The number of rotatable bonds is 7. The summed E-state index contributed by atoms with van der Waals surface area (Å²) in [5.41, 5.74) is 8.92. The summed E-state index contributed by atoms with van der Waals surface area (Å²) in [4.78, 5) is 13.2. The minimum absolute atomic E-state index is 0.274. The van der Waals surface area contributed by atoms with Gasteiger partial charge in [-0.25, -0.2) is 0 Å². The van der Waals surface area contributed by atoms with Crippen LogP contribution in [0.3, 0.4) is 0 Å². The summed E-state index contributed by atoms with van der Waals surface area (Å²) in [5, 5.41) is 3.53. The van der Waals surface area contributed by atoms with Crippen LogP contribution in [0, 0.1) is 6.92 Å². The van der Waals surface area contributed by atoms with Crippen LogP contribution in [0.2, 0.25) is 0 Å². The number of anilines is 1. The summed E-state index contributed by atoms with van der Waals surface area (Å²) in [5.74, 6) is -0.288. The van der Waals surface area contributed by atoms with Gasteiger partial charge in [0.15, 0.2) is 0 Å². The number of aryl methyl sites for hydroxylation is 1. The van der Waals surface area contributed by atoms with Crippen molar-refractivity contribution in [2.24, 2.45) is 5.73 Å². The fourth-order valence-electron chi connectivity index (χ4n) is 2.26. The van der Waals surface area contributed by atoms with Crippen LogP contribution in [0.25, 0.3) is 0 Å². The van der Waals surface area contributed by atoms with Gasteiger partial charge in [0.2, 0.25) is 5.91 Å². The average molecular weight is 261 g/mol. The Balaban J connectivity index is 2.17. The Kier molecular flexibility index (Phi) is 4.43. The van der Waals surface area contributed by atoms with Gasteiger partial charge in [0, 0.05) is 24.8 Å². The number of benzene rings is 1. The quantitative estimate of drug-likeness (QED) is 0.783. The number of nitrogens with one attached hydrogen (secondary N) is 1. The van der Waals surface area contributed by atoms with Crippen LogP contribution >= 0.6 is 0 Å². The lowest BCUT2D eigenvalue weighted by atomic mass is 10.1. The molecule has 1 saturated carbocycles. The van der Waals surface area contributed by atoms with E-state index in [1.54, 1.807) is 0 Å². The molecule has 1 aromatic rings. The zero-order valence-corrected chi connectivity index (χ0v) is 11.8. The third-order valence-electron chi connectivity index (χ3n) is 3.46. The highest BCUT2D eigenvalue weighted by atomic mass is 16.1. The van der Waals surface area contributed by atoms with Gasteiger partial charge in [0.1, 0.15) is 0 Å². The normalized spacial score (nSPS) is 14.4. The SMILES string of the molecule is CCN(CC(N)=O)c1ccc(C)cc1CNC1CC1. The Bertz CT molecular complexity index is 455. The molecule has 0 bridgehead atoms. The first-order chi connectivity index (χ1) is 9.10. The van der Waals surface area contributed by atoms with Crippen LogP contribution < -0.4 is 16.0 Å². The van der Waals surface area contributed by atoms with E-state index in [-0.39, 0.29) is 12.5 Å². The fraction of sp³-hybridized carbons (Fsp3) is 0.533. The van der Waals surface area contributed by atoms with E-state index in [0.29, 0.717) is 6.04 Å². The summed E-state index contributed by atoms with van der Waals surface area (Å²) in [6.45, 7) is 6.05. The zero-order valence-electron chi connectivity index (χ0n) is 11.8. The van der Waals surface area contributed by atoms with Crippen LogP contribution in [0.15, 0.2) is 18.2 Å². The maximum Gasteiger partial charge on any atom is 0.236 e. The van der Waals surface area contributed by atoms with Crippen LogP contribution in [-0.2, 0) is 11.3 Å². The second-order valence-corrected chi connectivity index (χ2v) is 5.27. The van der Waals surface area contributed by atoms with Crippen LogP contribution in [0.1, 0.15) is 30.9 Å². The number of amides is 1. The zero-order chi connectivity index (χ0) is 13.8. The van der Waals surface area contributed by atoms with Crippen LogP contribution in [0.4, 0.5) is 5.69 Å². The summed E-state index contributed by atoms with van der Waals surface area (Å²) in [7, 11) is 0. The Morgan fingerprint density at radius 2 is 2.21 bits per heavy atom. The van der Waals surface area contributed by atoms with Crippen molar-refractivity contribution in [3.05, 3.63) is 29.3 Å². The van der Waals surface area contributed by atoms with E-state index in [1.165, 1.54) is 24.0 Å². The highest BCUT2D eigenvalue weighted by molar-refractivity contribution is 5.80. The standard InChI is InChI=1S/C15H23N3O/c1-3-18(10-15(16)19)14-7-4-11(2)8-12(14)9-17-13-5-6-13/h4,7-8,13,17H,3,5-6,9-10H2,1-2H3,(H2,16,19). The lowest BCUT2D eigenvalue weighted by Crippen LogP contribution is -2.34. The molecule has 0 heterocycles. The molecule has 0 unspecified atom stereocenters. The molecule has 3 N–H and O–H groups in total. The third kappa shape index (κ3) is 3.96. The van der Waals surface area contributed by atoms with Gasteiger partial charge in [-0.2, -0.15) is 0 Å². The topological polar surface area (TPSA) is 58.4 Å². The molecule has 0 saturated heterocycles. The van der Waals surface area contributed by atoms with Crippen molar-refractivity contribution in [2.75, 3.05) is 18.0 Å². The van der Waals surface area contributed by atoms with E-state index in [2.05, 4.69) is 30.4 Å². The van der Waals surface area contributed by atoms with Gasteiger partial charge in [-0.15, -0.1) is 0 Å². The molecule has 0 radical (unpaired) electrons. The molecule has 2 rings (SSSR count). The van der Waals surface area contributed by atoms with Crippen molar-refractivity contribution in [3.8, 4) is 0 Å². The molecule has 1 aliphatic carbocycles. The molecule has 1 aliphatic rings. The van der Waals surface area contributed by atoms with E-state index in [1.807, 2.05) is 11.8 Å². The van der Waals surface area contributed by atoms with Crippen molar-refractivity contribution in [3.63, 3.8) is 0 Å². The molecular weight excluding hydrogens is 238 g/mol. The second kappa shape index (κ2) is 6.06. The summed E-state index contributed by atoms with van der Waals surface area (Å²) >= 11 is 0. The van der Waals surface area contributed by atoms with Crippen molar-refractivity contribution >= 4 is 11.6 Å². The summed E-state index contributed by atoms with van der Waals surface area (Å²) in [6.07, 6.45) is 2.56. The van der Waals surface area contributed by atoms with Crippen molar-refractivity contribution in [1.29, 1.82) is 0 Å². The fourth-order valence-corrected chi connectivity index (χ4v) is 2.26. The van der Waals surface area contributed by atoms with E-state index < -0.39 is 0 Å². The van der Waals surface area contributed by atoms with Crippen molar-refractivity contribution in [2.45, 2.75) is 39.3 Å². The Hall–Kier alpha value is -1.55. The van der Waals surface area contributed by atoms with E-state index >= 15 is 0 Å². The first-order valence-corrected chi connectivity index (χ1v) is 6.96. The maximum atomic E-state index is 11.2. The van der Waals surface area contributed by atoms with Gasteiger partial charge in [-0.1, -0.05) is 17.7 Å². The highest BCUT2D eigenvalue weighted by Crippen LogP contribution is 2.24. The second-order valence-electron chi connectivity index (χ2n) is 5.27. The Morgan fingerprint density at radius 3 is 2.79 bits per heavy atom. The van der Waals surface area contributed by atoms with Gasteiger partial charge >= 0.3 is 0 Å². The molecule has 0 aromatic heterocycles. The van der Waals surface area contributed by atoms with Crippen molar-refractivity contribution < 1.29 is 4.79 Å². The first kappa shape index (κ1) is 13.9. The van der Waals surface area contributed by atoms with E-state index in [9.17, 15) is 4.79 Å². The lowest BCUT2D eigenvalue weighted by Gasteiger charge is -2.25. The summed E-state index contributed by atoms with van der Waals surface area (Å²) < 4.78 is 0. The Labute approximate surface area is 115 Å². The van der Waals surface area contributed by atoms with E-state index in [0.717, 1.165) is 18.8 Å². The Morgan fingerprint density at radius 1 is 1.47 bits per heavy atom. The molecule has 0 aliphatic heterocycles. The largest absolute Gasteiger partial charge is 0.368 e. The molecule has 0 spiro atoms. The number of likely N-dealkylation sites (N-methyl/N-ethyl adjacent to an activating group) is 1. The minimum Gasteiger partial charge on any atom is -0.368 e. The smallest absolute Gasteiger partial charge is 0.236 e. The molecular formula is C15H23N3O.